The van der Waals surface area contributed by atoms with Crippen LogP contribution in [0.3, 0.4) is 0 Å². The molecule has 2 atom stereocenters. The molecular weight excluding hydrogens is 250 g/mol. The van der Waals surface area contributed by atoms with Gasteiger partial charge in [0, 0.05) is 25.2 Å². The summed E-state index contributed by atoms with van der Waals surface area (Å²) in [5, 5.41) is 0. The Morgan fingerprint density at radius 2 is 1.70 bits per heavy atom. The second kappa shape index (κ2) is 8.25. The van der Waals surface area contributed by atoms with Gasteiger partial charge in [0.2, 0.25) is 0 Å². The molecule has 0 aromatic heterocycles. The Bertz CT molecular complexity index is 378. The molecule has 4 heteroatoms. The summed E-state index contributed by atoms with van der Waals surface area (Å²) in [5.74, 6) is 0.883. The maximum absolute atomic E-state index is 6.34. The third-order valence-electron chi connectivity index (χ3n) is 3.71. The number of nitrogens with two attached hydrogens (primary N) is 1. The van der Waals surface area contributed by atoms with Crippen molar-refractivity contribution in [3.8, 4) is 5.75 Å². The molecule has 2 unspecified atom stereocenters. The molecule has 1 aromatic carbocycles. The first-order valence-electron chi connectivity index (χ1n) is 7.24. The van der Waals surface area contributed by atoms with Crippen molar-refractivity contribution >= 4 is 0 Å². The topological polar surface area (TPSA) is 41.7 Å². The van der Waals surface area contributed by atoms with Crippen LogP contribution in [0, 0.1) is 0 Å². The maximum atomic E-state index is 6.34. The fourth-order valence-corrected chi connectivity index (χ4v) is 2.35. The van der Waals surface area contributed by atoms with E-state index in [0.29, 0.717) is 0 Å². The quantitative estimate of drug-likeness (QED) is 0.790. The van der Waals surface area contributed by atoms with Gasteiger partial charge in [0.05, 0.1) is 7.11 Å². The summed E-state index contributed by atoms with van der Waals surface area (Å²) in [6.07, 6.45) is 0.961. The first-order valence-corrected chi connectivity index (χ1v) is 7.24. The number of methoxy groups -OCH3 is 1. The molecule has 0 amide bonds. The second-order valence-corrected chi connectivity index (χ2v) is 5.57. The van der Waals surface area contributed by atoms with Crippen LogP contribution in [0.4, 0.5) is 0 Å². The highest BCUT2D eigenvalue weighted by Crippen LogP contribution is 2.25. The average Bonchev–Trinajstić information content (AvgIpc) is 2.45. The van der Waals surface area contributed by atoms with Crippen molar-refractivity contribution in [2.75, 3.05) is 41.3 Å². The lowest BCUT2D eigenvalue weighted by Gasteiger charge is -2.33. The van der Waals surface area contributed by atoms with Gasteiger partial charge in [-0.25, -0.2) is 0 Å². The minimum absolute atomic E-state index is 0.135. The molecule has 1 aromatic rings. The van der Waals surface area contributed by atoms with Crippen LogP contribution in [0.15, 0.2) is 24.3 Å². The van der Waals surface area contributed by atoms with E-state index < -0.39 is 0 Å². The Labute approximate surface area is 123 Å². The fraction of sp³-hybridized carbons (Fsp3) is 0.625. The molecule has 0 heterocycles. The number of rotatable bonds is 8. The minimum Gasteiger partial charge on any atom is -0.497 e. The average molecular weight is 279 g/mol. The molecule has 0 saturated carbocycles. The summed E-state index contributed by atoms with van der Waals surface area (Å²) in [5.41, 5.74) is 7.59. The molecule has 2 N–H and O–H groups in total. The smallest absolute Gasteiger partial charge is 0.118 e. The maximum Gasteiger partial charge on any atom is 0.118 e. The van der Waals surface area contributed by atoms with E-state index in [9.17, 15) is 0 Å². The van der Waals surface area contributed by atoms with E-state index in [1.807, 2.05) is 12.1 Å². The van der Waals surface area contributed by atoms with Gasteiger partial charge >= 0.3 is 0 Å². The Kier molecular flexibility index (Phi) is 6.99. The van der Waals surface area contributed by atoms with Gasteiger partial charge in [-0.05, 0) is 45.3 Å². The van der Waals surface area contributed by atoms with Gasteiger partial charge in [0.15, 0.2) is 0 Å². The van der Waals surface area contributed by atoms with E-state index in [0.717, 1.165) is 25.3 Å². The van der Waals surface area contributed by atoms with E-state index in [1.54, 1.807) is 7.11 Å². The van der Waals surface area contributed by atoms with Crippen LogP contribution in [0.1, 0.15) is 24.9 Å². The van der Waals surface area contributed by atoms with Crippen LogP contribution in [0.5, 0.6) is 5.75 Å². The SMILES string of the molecule is CCC(N)C(c1ccc(OC)cc1)N(C)CCN(C)C. The van der Waals surface area contributed by atoms with Crippen LogP contribution < -0.4 is 10.5 Å². The number of benzene rings is 1. The minimum atomic E-state index is 0.135. The highest BCUT2D eigenvalue weighted by Gasteiger charge is 2.22. The molecule has 0 aliphatic carbocycles. The normalized spacial score (nSPS) is 14.6. The first kappa shape index (κ1) is 17.0. The Balaban J connectivity index is 2.86. The summed E-state index contributed by atoms with van der Waals surface area (Å²) < 4.78 is 5.22. The van der Waals surface area contributed by atoms with Gasteiger partial charge in [-0.1, -0.05) is 19.1 Å². The Morgan fingerprint density at radius 1 is 1.10 bits per heavy atom. The lowest BCUT2D eigenvalue weighted by molar-refractivity contribution is 0.191. The third-order valence-corrected chi connectivity index (χ3v) is 3.71. The largest absolute Gasteiger partial charge is 0.497 e. The molecule has 0 bridgehead atoms. The summed E-state index contributed by atoms with van der Waals surface area (Å²) >= 11 is 0. The van der Waals surface area contributed by atoms with Crippen LogP contribution in [0.2, 0.25) is 0 Å². The molecular formula is C16H29N3O. The highest BCUT2D eigenvalue weighted by atomic mass is 16.5. The lowest BCUT2D eigenvalue weighted by atomic mass is 9.96. The predicted molar refractivity (Wildman–Crippen MR) is 85.2 cm³/mol. The summed E-state index contributed by atoms with van der Waals surface area (Å²) in [6, 6.07) is 8.62. The van der Waals surface area contributed by atoms with Crippen molar-refractivity contribution in [2.24, 2.45) is 5.73 Å². The molecule has 0 spiro atoms. The number of likely N-dealkylation sites (N-methyl/N-ethyl adjacent to an activating group) is 2. The lowest BCUT2D eigenvalue weighted by Crippen LogP contribution is -2.41. The molecule has 114 valence electrons. The zero-order valence-corrected chi connectivity index (χ0v) is 13.5. The zero-order valence-electron chi connectivity index (χ0n) is 13.5. The zero-order chi connectivity index (χ0) is 15.1. The van der Waals surface area contributed by atoms with Crippen molar-refractivity contribution < 1.29 is 4.74 Å². The van der Waals surface area contributed by atoms with E-state index >= 15 is 0 Å². The highest BCUT2D eigenvalue weighted by molar-refractivity contribution is 5.30. The number of ether oxygens (including phenoxy) is 1. The third kappa shape index (κ3) is 4.78. The van der Waals surface area contributed by atoms with E-state index in [-0.39, 0.29) is 12.1 Å². The van der Waals surface area contributed by atoms with Crippen molar-refractivity contribution in [1.29, 1.82) is 0 Å². The van der Waals surface area contributed by atoms with Crippen molar-refractivity contribution in [3.05, 3.63) is 29.8 Å². The summed E-state index contributed by atoms with van der Waals surface area (Å²) in [7, 11) is 8.02. The van der Waals surface area contributed by atoms with Gasteiger partial charge in [0.1, 0.15) is 5.75 Å². The van der Waals surface area contributed by atoms with E-state index in [2.05, 4.69) is 50.0 Å². The van der Waals surface area contributed by atoms with Gasteiger partial charge in [-0.3, -0.25) is 4.90 Å². The molecule has 1 rings (SSSR count). The molecule has 0 aliphatic rings. The number of hydrogen-bond acceptors (Lipinski definition) is 4. The molecule has 4 nitrogen and oxygen atoms in total. The molecule has 20 heavy (non-hydrogen) atoms. The molecule has 0 saturated heterocycles. The van der Waals surface area contributed by atoms with Crippen molar-refractivity contribution in [2.45, 2.75) is 25.4 Å². The van der Waals surface area contributed by atoms with Crippen molar-refractivity contribution in [3.63, 3.8) is 0 Å². The summed E-state index contributed by atoms with van der Waals surface area (Å²) in [4.78, 5) is 4.54. The van der Waals surface area contributed by atoms with Gasteiger partial charge in [-0.15, -0.1) is 0 Å². The number of nitrogens with zero attached hydrogens (tertiary/aromatic N) is 2. The standard InChI is InChI=1S/C16H29N3O/c1-6-15(17)16(19(4)12-11-18(2)3)13-7-9-14(20-5)10-8-13/h7-10,15-16H,6,11-12,17H2,1-5H3. The predicted octanol–water partition coefficient (Wildman–Crippen LogP) is 1.97. The molecule has 0 radical (unpaired) electrons. The molecule has 0 aliphatic heterocycles. The van der Waals surface area contributed by atoms with E-state index in [1.165, 1.54) is 5.56 Å². The Hall–Kier alpha value is -1.10. The van der Waals surface area contributed by atoms with Crippen LogP contribution >= 0.6 is 0 Å². The van der Waals surface area contributed by atoms with Crippen molar-refractivity contribution in [1.82, 2.24) is 9.80 Å². The van der Waals surface area contributed by atoms with Gasteiger partial charge in [0.25, 0.3) is 0 Å². The Morgan fingerprint density at radius 3 is 2.15 bits per heavy atom. The molecule has 0 fully saturated rings. The van der Waals surface area contributed by atoms with E-state index in [4.69, 9.17) is 10.5 Å². The second-order valence-electron chi connectivity index (χ2n) is 5.57. The fourth-order valence-electron chi connectivity index (χ4n) is 2.35. The van der Waals surface area contributed by atoms with Crippen LogP contribution in [-0.4, -0.2) is 57.2 Å². The van der Waals surface area contributed by atoms with Gasteiger partial charge < -0.3 is 15.4 Å². The monoisotopic (exact) mass is 279 g/mol. The first-order chi connectivity index (χ1) is 9.49. The van der Waals surface area contributed by atoms with Gasteiger partial charge in [-0.2, -0.15) is 0 Å². The summed E-state index contributed by atoms with van der Waals surface area (Å²) in [6.45, 7) is 4.16. The van der Waals surface area contributed by atoms with Crippen LogP contribution in [-0.2, 0) is 0 Å². The number of hydrogen-bond donors (Lipinski definition) is 1. The van der Waals surface area contributed by atoms with Crippen LogP contribution in [0.25, 0.3) is 0 Å².